The van der Waals surface area contributed by atoms with Crippen LogP contribution in [0, 0.1) is 5.82 Å². The fourth-order valence-corrected chi connectivity index (χ4v) is 3.07. The van der Waals surface area contributed by atoms with Crippen molar-refractivity contribution in [3.63, 3.8) is 0 Å². The van der Waals surface area contributed by atoms with Crippen molar-refractivity contribution in [1.29, 1.82) is 0 Å². The zero-order chi connectivity index (χ0) is 18.7. The van der Waals surface area contributed by atoms with Gasteiger partial charge in [-0.05, 0) is 30.7 Å². The van der Waals surface area contributed by atoms with Crippen LogP contribution in [0.3, 0.4) is 0 Å². The van der Waals surface area contributed by atoms with Crippen molar-refractivity contribution < 1.29 is 24.1 Å². The summed E-state index contributed by atoms with van der Waals surface area (Å²) in [6, 6.07) is 7.47. The molecule has 1 aliphatic rings. The number of nitrogens with one attached hydrogen (secondary N) is 1. The Labute approximate surface area is 149 Å². The summed E-state index contributed by atoms with van der Waals surface area (Å²) in [6.07, 6.45) is 0.331. The van der Waals surface area contributed by atoms with E-state index >= 15 is 0 Å². The van der Waals surface area contributed by atoms with Crippen LogP contribution in [-0.4, -0.2) is 50.4 Å². The zero-order valence-corrected chi connectivity index (χ0v) is 14.2. The van der Waals surface area contributed by atoms with Gasteiger partial charge >= 0.3 is 0 Å². The van der Waals surface area contributed by atoms with Gasteiger partial charge in [0.05, 0.1) is 12.2 Å². The van der Waals surface area contributed by atoms with E-state index in [4.69, 9.17) is 4.74 Å². The normalized spacial score (nSPS) is 28.5. The van der Waals surface area contributed by atoms with Gasteiger partial charge in [-0.15, -0.1) is 0 Å². The second kappa shape index (κ2) is 7.45. The third kappa shape index (κ3) is 3.87. The molecule has 0 unspecified atom stereocenters. The van der Waals surface area contributed by atoms with Gasteiger partial charge in [-0.2, -0.15) is 0 Å². The molecule has 1 fully saturated rings. The lowest BCUT2D eigenvalue weighted by atomic mass is 9.82. The minimum absolute atomic E-state index is 0.00210. The van der Waals surface area contributed by atoms with Crippen molar-refractivity contribution in [3.8, 4) is 0 Å². The fourth-order valence-electron chi connectivity index (χ4n) is 3.07. The van der Waals surface area contributed by atoms with Crippen LogP contribution in [0.15, 0.2) is 42.7 Å². The van der Waals surface area contributed by atoms with Crippen LogP contribution in [0.2, 0.25) is 0 Å². The smallest absolute Gasteiger partial charge is 0.289 e. The molecule has 8 heteroatoms. The largest absolute Gasteiger partial charge is 0.387 e. The van der Waals surface area contributed by atoms with Gasteiger partial charge in [0.15, 0.2) is 0 Å². The summed E-state index contributed by atoms with van der Waals surface area (Å²) in [5.74, 6) is -1.01. The number of aromatic nitrogens is 2. The molecular weight excluding hydrogens is 341 g/mol. The number of aliphatic hydroxyl groups is 2. The van der Waals surface area contributed by atoms with E-state index in [9.17, 15) is 19.4 Å². The van der Waals surface area contributed by atoms with Gasteiger partial charge in [-0.1, -0.05) is 12.1 Å². The van der Waals surface area contributed by atoms with Crippen molar-refractivity contribution in [2.45, 2.75) is 37.3 Å². The highest BCUT2D eigenvalue weighted by molar-refractivity contribution is 5.90. The highest BCUT2D eigenvalue weighted by atomic mass is 19.1. The monoisotopic (exact) mass is 361 g/mol. The van der Waals surface area contributed by atoms with Gasteiger partial charge in [0, 0.05) is 25.4 Å². The summed E-state index contributed by atoms with van der Waals surface area (Å²) in [7, 11) is 0. The second-order valence-electron chi connectivity index (χ2n) is 6.39. The molecule has 0 bridgehead atoms. The van der Waals surface area contributed by atoms with Crippen LogP contribution < -0.4 is 5.32 Å². The Morgan fingerprint density at radius 3 is 2.81 bits per heavy atom. The molecule has 1 aliphatic heterocycles. The average Bonchev–Trinajstić information content (AvgIpc) is 2.65. The molecule has 0 radical (unpaired) electrons. The summed E-state index contributed by atoms with van der Waals surface area (Å²) in [5, 5.41) is 23.8. The quantitative estimate of drug-likeness (QED) is 0.750. The van der Waals surface area contributed by atoms with Crippen LogP contribution >= 0.6 is 0 Å². The molecule has 0 aliphatic carbocycles. The minimum atomic E-state index is -1.64. The molecule has 7 nitrogen and oxygen atoms in total. The van der Waals surface area contributed by atoms with Gasteiger partial charge in [0.2, 0.25) is 5.82 Å². The first-order valence-electron chi connectivity index (χ1n) is 8.25. The summed E-state index contributed by atoms with van der Waals surface area (Å²) in [5.41, 5.74) is -1.08. The van der Waals surface area contributed by atoms with Crippen LogP contribution in [0.4, 0.5) is 4.39 Å². The summed E-state index contributed by atoms with van der Waals surface area (Å²) in [6.45, 7) is 1.40. The lowest BCUT2D eigenvalue weighted by Crippen LogP contribution is -2.59. The number of carbonyl (C=O) groups excluding carboxylic acids is 1. The van der Waals surface area contributed by atoms with E-state index in [0.29, 0.717) is 5.56 Å². The number of nitrogens with zero attached hydrogens (tertiary/aromatic N) is 2. The Bertz CT molecular complexity index is 776. The maximum Gasteiger partial charge on any atom is 0.289 e. The van der Waals surface area contributed by atoms with Crippen molar-refractivity contribution >= 4 is 5.91 Å². The number of aliphatic hydroxyl groups excluding tert-OH is 1. The molecule has 26 heavy (non-hydrogen) atoms. The molecule has 4 atom stereocenters. The number of ether oxygens (including phenoxy) is 1. The molecule has 1 aromatic heterocycles. The number of halogens is 1. The van der Waals surface area contributed by atoms with Crippen LogP contribution in [0.25, 0.3) is 0 Å². The van der Waals surface area contributed by atoms with Gasteiger partial charge in [-0.3, -0.25) is 4.79 Å². The Balaban J connectivity index is 1.74. The van der Waals surface area contributed by atoms with Crippen LogP contribution in [-0.2, 0) is 4.74 Å². The van der Waals surface area contributed by atoms with Crippen LogP contribution in [0.1, 0.15) is 35.6 Å². The topological polar surface area (TPSA) is 105 Å². The third-order valence-corrected chi connectivity index (χ3v) is 4.46. The second-order valence-corrected chi connectivity index (χ2v) is 6.39. The van der Waals surface area contributed by atoms with Crippen molar-refractivity contribution in [2.24, 2.45) is 0 Å². The summed E-state index contributed by atoms with van der Waals surface area (Å²) >= 11 is 0. The molecule has 1 amide bonds. The van der Waals surface area contributed by atoms with Gasteiger partial charge in [-0.25, -0.2) is 14.4 Å². The number of amides is 1. The van der Waals surface area contributed by atoms with E-state index in [1.54, 1.807) is 25.1 Å². The Hall–Kier alpha value is -2.42. The molecule has 1 saturated heterocycles. The predicted octanol–water partition coefficient (Wildman–Crippen LogP) is 0.988. The molecule has 138 valence electrons. The zero-order valence-electron chi connectivity index (χ0n) is 14.2. The van der Waals surface area contributed by atoms with E-state index in [2.05, 4.69) is 15.3 Å². The van der Waals surface area contributed by atoms with E-state index in [1.807, 2.05) is 0 Å². The number of rotatable bonds is 4. The number of hydrogen-bond acceptors (Lipinski definition) is 6. The molecule has 3 rings (SSSR count). The van der Waals surface area contributed by atoms with Crippen molar-refractivity contribution in [3.05, 3.63) is 59.9 Å². The van der Waals surface area contributed by atoms with E-state index in [-0.39, 0.29) is 18.8 Å². The van der Waals surface area contributed by atoms with Gasteiger partial charge < -0.3 is 20.3 Å². The Kier molecular flexibility index (Phi) is 5.26. The maximum atomic E-state index is 13.5. The van der Waals surface area contributed by atoms with Gasteiger partial charge in [0.25, 0.3) is 5.91 Å². The standard InChI is InChI=1S/C18H20FN3O4/c1-11-15(23)18(25,10-22-17(24)16-20-6-3-7-21-16)9-14(26-11)12-4-2-5-13(19)8-12/h2-8,11,14-15,23,25H,9-10H2,1H3,(H,22,24)/t11-,14-,15-,18-/m1/s1. The van der Waals surface area contributed by atoms with Crippen molar-refractivity contribution in [2.75, 3.05) is 6.54 Å². The molecule has 2 aromatic rings. The van der Waals surface area contributed by atoms with E-state index in [1.165, 1.54) is 24.5 Å². The number of hydrogen-bond donors (Lipinski definition) is 3. The Morgan fingerprint density at radius 2 is 2.12 bits per heavy atom. The van der Waals surface area contributed by atoms with E-state index in [0.717, 1.165) is 0 Å². The number of benzene rings is 1. The SMILES string of the molecule is C[C@H]1O[C@@H](c2cccc(F)c2)C[C@@](O)(CNC(=O)c2ncccn2)[C@@H]1O. The summed E-state index contributed by atoms with van der Waals surface area (Å²) < 4.78 is 19.2. The van der Waals surface area contributed by atoms with Gasteiger partial charge in [0.1, 0.15) is 17.5 Å². The van der Waals surface area contributed by atoms with Crippen LogP contribution in [0.5, 0.6) is 0 Å². The summed E-state index contributed by atoms with van der Waals surface area (Å²) in [4.78, 5) is 19.8. The average molecular weight is 361 g/mol. The lowest BCUT2D eigenvalue weighted by Gasteiger charge is -2.44. The van der Waals surface area contributed by atoms with Crippen molar-refractivity contribution in [1.82, 2.24) is 15.3 Å². The lowest BCUT2D eigenvalue weighted by molar-refractivity contribution is -0.210. The molecule has 0 spiro atoms. The van der Waals surface area contributed by atoms with E-state index < -0.39 is 35.6 Å². The fraction of sp³-hybridized carbons (Fsp3) is 0.389. The minimum Gasteiger partial charge on any atom is -0.387 e. The highest BCUT2D eigenvalue weighted by Gasteiger charge is 2.47. The third-order valence-electron chi connectivity index (χ3n) is 4.46. The highest BCUT2D eigenvalue weighted by Crippen LogP contribution is 2.37. The number of carbonyl (C=O) groups is 1. The molecule has 2 heterocycles. The molecular formula is C18H20FN3O4. The maximum absolute atomic E-state index is 13.5. The first-order chi connectivity index (χ1) is 12.4. The molecule has 0 saturated carbocycles. The first kappa shape index (κ1) is 18.4. The first-order valence-corrected chi connectivity index (χ1v) is 8.25. The molecule has 3 N–H and O–H groups in total. The molecule has 1 aromatic carbocycles. The predicted molar refractivity (Wildman–Crippen MR) is 89.6 cm³/mol. The Morgan fingerprint density at radius 1 is 1.38 bits per heavy atom.